The van der Waals surface area contributed by atoms with E-state index in [0.717, 1.165) is 18.1 Å². The molecule has 0 aliphatic carbocycles. The Balaban J connectivity index is 1.77. The summed E-state index contributed by atoms with van der Waals surface area (Å²) < 4.78 is 0. The molecular weight excluding hydrogens is 194 g/mol. The highest BCUT2D eigenvalue weighted by atomic mass is 15.2. The first-order valence-electron chi connectivity index (χ1n) is 7.60. The van der Waals surface area contributed by atoms with Crippen molar-refractivity contribution in [2.24, 2.45) is 0 Å². The molecule has 0 spiro atoms. The van der Waals surface area contributed by atoms with E-state index in [-0.39, 0.29) is 0 Å². The number of nitrogens with zero attached hydrogens (tertiary/aromatic N) is 1. The van der Waals surface area contributed by atoms with E-state index < -0.39 is 0 Å². The molecule has 16 heavy (non-hydrogen) atoms. The normalized spacial score (nSPS) is 35.2. The maximum atomic E-state index is 2.88. The smallest absolute Gasteiger partial charge is 0.0102 e. The van der Waals surface area contributed by atoms with Gasteiger partial charge in [-0.3, -0.25) is 4.90 Å². The van der Waals surface area contributed by atoms with Crippen molar-refractivity contribution in [3.8, 4) is 0 Å². The number of rotatable bonds is 5. The van der Waals surface area contributed by atoms with Crippen LogP contribution in [0.25, 0.3) is 0 Å². The molecule has 0 aromatic rings. The van der Waals surface area contributed by atoms with Gasteiger partial charge in [-0.2, -0.15) is 0 Å². The van der Waals surface area contributed by atoms with Gasteiger partial charge in [-0.1, -0.05) is 39.0 Å². The van der Waals surface area contributed by atoms with Gasteiger partial charge >= 0.3 is 0 Å². The molecule has 1 nitrogen and oxygen atoms in total. The van der Waals surface area contributed by atoms with Crippen molar-refractivity contribution in [2.45, 2.75) is 96.2 Å². The summed E-state index contributed by atoms with van der Waals surface area (Å²) >= 11 is 0. The van der Waals surface area contributed by atoms with E-state index in [1.54, 1.807) is 0 Å². The average Bonchev–Trinajstić information content (AvgIpc) is 2.69. The molecule has 94 valence electrons. The summed E-state index contributed by atoms with van der Waals surface area (Å²) in [6, 6.07) is 2.77. The van der Waals surface area contributed by atoms with Crippen LogP contribution in [0.2, 0.25) is 0 Å². The van der Waals surface area contributed by atoms with E-state index in [1.807, 2.05) is 0 Å². The Morgan fingerprint density at radius 1 is 1.00 bits per heavy atom. The van der Waals surface area contributed by atoms with Crippen LogP contribution in [0.3, 0.4) is 0 Å². The quantitative estimate of drug-likeness (QED) is 0.626. The summed E-state index contributed by atoms with van der Waals surface area (Å²) in [6.45, 7) is 4.76. The van der Waals surface area contributed by atoms with Gasteiger partial charge in [0.1, 0.15) is 0 Å². The minimum atomic E-state index is 0.873. The highest BCUT2D eigenvalue weighted by Gasteiger charge is 2.37. The molecule has 0 unspecified atom stereocenters. The fraction of sp³-hybridized carbons (Fsp3) is 1.00. The predicted octanol–water partition coefficient (Wildman–Crippen LogP) is 4.36. The molecule has 2 heterocycles. The molecule has 2 aliphatic heterocycles. The highest BCUT2D eigenvalue weighted by Crippen LogP contribution is 2.36. The van der Waals surface area contributed by atoms with E-state index >= 15 is 0 Å². The van der Waals surface area contributed by atoms with Crippen LogP contribution in [0.15, 0.2) is 0 Å². The third-order valence-electron chi connectivity index (χ3n) is 4.74. The first-order valence-corrected chi connectivity index (χ1v) is 7.60. The number of hydrogen-bond acceptors (Lipinski definition) is 1. The van der Waals surface area contributed by atoms with Crippen LogP contribution in [0.5, 0.6) is 0 Å². The Kier molecular flexibility index (Phi) is 4.69. The summed E-state index contributed by atoms with van der Waals surface area (Å²) in [5.41, 5.74) is 0. The van der Waals surface area contributed by atoms with Gasteiger partial charge in [-0.15, -0.1) is 0 Å². The second-order valence-corrected chi connectivity index (χ2v) is 5.96. The predicted molar refractivity (Wildman–Crippen MR) is 70.7 cm³/mol. The van der Waals surface area contributed by atoms with Crippen LogP contribution in [0.1, 0.15) is 78.1 Å². The van der Waals surface area contributed by atoms with Crippen molar-refractivity contribution in [3.05, 3.63) is 0 Å². The standard InChI is InChI=1S/C15H29N/c1-3-4-5-6-9-14-11-12-15-10-7-8-13(2)16(14)15/h13-15H,3-12H2,1-2H3/t13-,14+,15-/m1/s1. The number of fused-ring (bicyclic) bond motifs is 1. The maximum absolute atomic E-state index is 2.88. The van der Waals surface area contributed by atoms with Crippen molar-refractivity contribution in [3.63, 3.8) is 0 Å². The van der Waals surface area contributed by atoms with Gasteiger partial charge in [0.15, 0.2) is 0 Å². The topological polar surface area (TPSA) is 3.24 Å². The lowest BCUT2D eigenvalue weighted by Crippen LogP contribution is -2.45. The molecule has 3 atom stereocenters. The van der Waals surface area contributed by atoms with E-state index in [9.17, 15) is 0 Å². The molecule has 0 radical (unpaired) electrons. The van der Waals surface area contributed by atoms with Gasteiger partial charge in [0.05, 0.1) is 0 Å². The molecule has 2 rings (SSSR count). The lowest BCUT2D eigenvalue weighted by Gasteiger charge is -2.39. The summed E-state index contributed by atoms with van der Waals surface area (Å²) in [5.74, 6) is 0. The third-order valence-corrected chi connectivity index (χ3v) is 4.74. The van der Waals surface area contributed by atoms with Crippen LogP contribution in [0, 0.1) is 0 Å². The van der Waals surface area contributed by atoms with Crippen molar-refractivity contribution in [1.29, 1.82) is 0 Å². The molecule has 0 amide bonds. The molecule has 2 fully saturated rings. The Morgan fingerprint density at radius 3 is 2.69 bits per heavy atom. The third kappa shape index (κ3) is 2.80. The van der Waals surface area contributed by atoms with Gasteiger partial charge in [0.2, 0.25) is 0 Å². The molecule has 0 bridgehead atoms. The second-order valence-electron chi connectivity index (χ2n) is 5.96. The fourth-order valence-corrected chi connectivity index (χ4v) is 3.89. The first-order chi connectivity index (χ1) is 7.83. The number of piperidine rings is 1. The van der Waals surface area contributed by atoms with E-state index in [4.69, 9.17) is 0 Å². The number of hydrogen-bond donors (Lipinski definition) is 0. The summed E-state index contributed by atoms with van der Waals surface area (Å²) in [6.07, 6.45) is 14.6. The second kappa shape index (κ2) is 6.05. The van der Waals surface area contributed by atoms with Crippen LogP contribution >= 0.6 is 0 Å². The molecule has 0 aromatic heterocycles. The monoisotopic (exact) mass is 223 g/mol. The lowest BCUT2D eigenvalue weighted by atomic mass is 9.97. The highest BCUT2D eigenvalue weighted by molar-refractivity contribution is 4.93. The van der Waals surface area contributed by atoms with Crippen LogP contribution < -0.4 is 0 Å². The fourth-order valence-electron chi connectivity index (χ4n) is 3.89. The largest absolute Gasteiger partial charge is 0.295 e. The van der Waals surface area contributed by atoms with Gasteiger partial charge < -0.3 is 0 Å². The average molecular weight is 223 g/mol. The molecular formula is C15H29N. The van der Waals surface area contributed by atoms with Crippen molar-refractivity contribution >= 4 is 0 Å². The van der Waals surface area contributed by atoms with Crippen molar-refractivity contribution in [2.75, 3.05) is 0 Å². The first kappa shape index (κ1) is 12.4. The molecule has 1 heteroatoms. The Labute approximate surface area is 102 Å². The molecule has 0 N–H and O–H groups in total. The minimum absolute atomic E-state index is 0.873. The lowest BCUT2D eigenvalue weighted by molar-refractivity contribution is 0.0872. The maximum Gasteiger partial charge on any atom is 0.0102 e. The zero-order valence-corrected chi connectivity index (χ0v) is 11.3. The van der Waals surface area contributed by atoms with Gasteiger partial charge in [0.25, 0.3) is 0 Å². The van der Waals surface area contributed by atoms with E-state index in [2.05, 4.69) is 18.7 Å². The van der Waals surface area contributed by atoms with Gasteiger partial charge in [-0.25, -0.2) is 0 Å². The summed E-state index contributed by atoms with van der Waals surface area (Å²) in [4.78, 5) is 2.88. The van der Waals surface area contributed by atoms with Crippen molar-refractivity contribution < 1.29 is 0 Å². The molecule has 0 aromatic carbocycles. The Bertz CT molecular complexity index is 202. The van der Waals surface area contributed by atoms with E-state index in [1.165, 1.54) is 64.2 Å². The van der Waals surface area contributed by atoms with Gasteiger partial charge in [-0.05, 0) is 39.0 Å². The van der Waals surface area contributed by atoms with Gasteiger partial charge in [0, 0.05) is 18.1 Å². The SMILES string of the molecule is CCCCCC[C@H]1CC[C@H]2CCC[C@@H](C)N21. The summed E-state index contributed by atoms with van der Waals surface area (Å²) in [5, 5.41) is 0. The van der Waals surface area contributed by atoms with Crippen LogP contribution in [0.4, 0.5) is 0 Å². The Hall–Kier alpha value is -0.0400. The molecule has 2 aliphatic rings. The Morgan fingerprint density at radius 2 is 1.88 bits per heavy atom. The van der Waals surface area contributed by atoms with Crippen molar-refractivity contribution in [1.82, 2.24) is 4.90 Å². The van der Waals surface area contributed by atoms with Crippen LogP contribution in [-0.2, 0) is 0 Å². The van der Waals surface area contributed by atoms with E-state index in [0.29, 0.717) is 0 Å². The molecule has 0 saturated carbocycles. The minimum Gasteiger partial charge on any atom is -0.295 e. The number of unbranched alkanes of at least 4 members (excludes halogenated alkanes) is 3. The molecule has 2 saturated heterocycles. The summed E-state index contributed by atoms with van der Waals surface area (Å²) in [7, 11) is 0. The van der Waals surface area contributed by atoms with Crippen LogP contribution in [-0.4, -0.2) is 23.0 Å². The zero-order valence-electron chi connectivity index (χ0n) is 11.3. The zero-order chi connectivity index (χ0) is 11.4.